The van der Waals surface area contributed by atoms with Crippen LogP contribution in [0.25, 0.3) is 0 Å². The Labute approximate surface area is 118 Å². The molecule has 2 saturated heterocycles. The van der Waals surface area contributed by atoms with Crippen LogP contribution in [0.15, 0.2) is 0 Å². The zero-order valence-electron chi connectivity index (χ0n) is 11.6. The molecule has 2 aliphatic rings. The second-order valence-corrected chi connectivity index (χ2v) is 6.45. The molecule has 2 fully saturated rings. The highest BCUT2D eigenvalue weighted by molar-refractivity contribution is 7.11. The number of nitrogens with two attached hydrogens (primary N) is 1. The Hall–Kier alpha value is -1.01. The second kappa shape index (κ2) is 5.17. The van der Waals surface area contributed by atoms with E-state index in [0.717, 1.165) is 10.8 Å². The van der Waals surface area contributed by atoms with Crippen LogP contribution in [0.2, 0.25) is 0 Å². The maximum absolute atomic E-state index is 5.89. The van der Waals surface area contributed by atoms with Gasteiger partial charge in [-0.25, -0.2) is 0 Å². The first kappa shape index (κ1) is 13.0. The zero-order valence-corrected chi connectivity index (χ0v) is 12.4. The van der Waals surface area contributed by atoms with Gasteiger partial charge in [0.05, 0.1) is 6.10 Å². The predicted octanol–water partition coefficient (Wildman–Crippen LogP) is 2.16. The monoisotopic (exact) mass is 282 g/mol. The van der Waals surface area contributed by atoms with Crippen molar-refractivity contribution in [1.29, 1.82) is 0 Å². The Morgan fingerprint density at radius 3 is 3.05 bits per heavy atom. The van der Waals surface area contributed by atoms with Crippen LogP contribution in [0.4, 0.5) is 10.8 Å². The summed E-state index contributed by atoms with van der Waals surface area (Å²) >= 11 is 1.41. The average Bonchev–Trinajstić information content (AvgIpc) is 3.01. The van der Waals surface area contributed by atoms with Crippen LogP contribution in [-0.2, 0) is 0 Å². The van der Waals surface area contributed by atoms with Gasteiger partial charge in [0, 0.05) is 18.6 Å². The van der Waals surface area contributed by atoms with Crippen LogP contribution < -0.4 is 15.8 Å². The molecule has 6 heteroatoms. The fourth-order valence-corrected chi connectivity index (χ4v) is 3.87. The van der Waals surface area contributed by atoms with Crippen molar-refractivity contribution in [3.63, 3.8) is 0 Å². The number of nitrogens with zero attached hydrogens (tertiary/aromatic N) is 2. The van der Waals surface area contributed by atoms with E-state index in [1.807, 2.05) is 13.8 Å². The lowest BCUT2D eigenvalue weighted by atomic mass is 10.1. The summed E-state index contributed by atoms with van der Waals surface area (Å²) in [6.45, 7) is 6.48. The molecule has 19 heavy (non-hydrogen) atoms. The van der Waals surface area contributed by atoms with E-state index in [-0.39, 0.29) is 6.10 Å². The summed E-state index contributed by atoms with van der Waals surface area (Å²) in [5.74, 6) is 1.24. The number of nitrogens with one attached hydrogen (secondary N) is 1. The Balaban J connectivity index is 1.73. The normalized spacial score (nSPS) is 26.9. The van der Waals surface area contributed by atoms with E-state index >= 15 is 0 Å². The zero-order chi connectivity index (χ0) is 13.4. The van der Waals surface area contributed by atoms with Crippen molar-refractivity contribution in [2.75, 3.05) is 24.1 Å². The third kappa shape index (κ3) is 2.51. The first-order valence-corrected chi connectivity index (χ1v) is 7.85. The van der Waals surface area contributed by atoms with E-state index in [0.29, 0.717) is 17.9 Å². The number of anilines is 2. The Bertz CT molecular complexity index is 448. The molecule has 0 spiro atoms. The van der Waals surface area contributed by atoms with Crippen LogP contribution >= 0.6 is 11.5 Å². The van der Waals surface area contributed by atoms with Gasteiger partial charge in [0.1, 0.15) is 0 Å². The molecule has 3 heterocycles. The topological polar surface area (TPSA) is 63.4 Å². The summed E-state index contributed by atoms with van der Waals surface area (Å²) in [4.78, 5) is 2.59. The molecule has 0 saturated carbocycles. The summed E-state index contributed by atoms with van der Waals surface area (Å²) < 4.78 is 10.0. The lowest BCUT2D eigenvalue weighted by Gasteiger charge is -2.22. The van der Waals surface area contributed by atoms with Gasteiger partial charge in [0.25, 0.3) is 0 Å². The molecule has 3 rings (SSSR count). The maximum atomic E-state index is 5.89. The third-order valence-electron chi connectivity index (χ3n) is 3.95. The van der Waals surface area contributed by atoms with Gasteiger partial charge in [0.2, 0.25) is 0 Å². The van der Waals surface area contributed by atoms with E-state index in [4.69, 9.17) is 10.5 Å². The lowest BCUT2D eigenvalue weighted by molar-refractivity contribution is 0.245. The van der Waals surface area contributed by atoms with Gasteiger partial charge in [-0.1, -0.05) is 0 Å². The number of aromatic nitrogens is 1. The summed E-state index contributed by atoms with van der Waals surface area (Å²) in [6, 6.07) is 1.19. The minimum absolute atomic E-state index is 0.116. The average molecular weight is 282 g/mol. The van der Waals surface area contributed by atoms with E-state index < -0.39 is 0 Å². The molecule has 2 aliphatic heterocycles. The molecule has 2 unspecified atom stereocenters. The summed E-state index contributed by atoms with van der Waals surface area (Å²) in [5, 5.41) is 4.61. The van der Waals surface area contributed by atoms with Gasteiger partial charge in [0.15, 0.2) is 16.6 Å². The lowest BCUT2D eigenvalue weighted by Crippen LogP contribution is -2.33. The van der Waals surface area contributed by atoms with Gasteiger partial charge in [-0.2, -0.15) is 4.37 Å². The van der Waals surface area contributed by atoms with Crippen LogP contribution in [0.5, 0.6) is 5.75 Å². The van der Waals surface area contributed by atoms with Crippen molar-refractivity contribution in [3.8, 4) is 5.75 Å². The van der Waals surface area contributed by atoms with Gasteiger partial charge in [-0.15, -0.1) is 0 Å². The molecule has 5 nitrogen and oxygen atoms in total. The van der Waals surface area contributed by atoms with Crippen molar-refractivity contribution in [2.24, 2.45) is 0 Å². The summed E-state index contributed by atoms with van der Waals surface area (Å²) in [7, 11) is 0. The first-order valence-electron chi connectivity index (χ1n) is 7.07. The maximum Gasteiger partial charge on any atom is 0.197 e. The second-order valence-electron chi connectivity index (χ2n) is 5.68. The van der Waals surface area contributed by atoms with Gasteiger partial charge in [-0.05, 0) is 51.2 Å². The van der Waals surface area contributed by atoms with Crippen LogP contribution in [0.1, 0.15) is 33.1 Å². The fourth-order valence-electron chi connectivity index (χ4n) is 3.15. The Morgan fingerprint density at radius 1 is 1.42 bits per heavy atom. The van der Waals surface area contributed by atoms with Gasteiger partial charge < -0.3 is 15.8 Å². The van der Waals surface area contributed by atoms with Crippen molar-refractivity contribution < 1.29 is 4.74 Å². The largest absolute Gasteiger partial charge is 0.484 e. The molecule has 3 N–H and O–H groups in total. The number of rotatable bonds is 4. The summed E-state index contributed by atoms with van der Waals surface area (Å²) in [6.07, 6.45) is 3.93. The van der Waals surface area contributed by atoms with Crippen molar-refractivity contribution in [1.82, 2.24) is 9.27 Å². The molecule has 106 valence electrons. The van der Waals surface area contributed by atoms with E-state index in [2.05, 4.69) is 14.6 Å². The molecule has 1 aromatic rings. The number of hydrogen-bond acceptors (Lipinski definition) is 6. The first-order chi connectivity index (χ1) is 9.15. The molecule has 0 radical (unpaired) electrons. The molecule has 0 amide bonds. The molecular formula is C13H22N4OS. The van der Waals surface area contributed by atoms with E-state index in [1.54, 1.807) is 0 Å². The van der Waals surface area contributed by atoms with E-state index in [1.165, 1.54) is 43.9 Å². The van der Waals surface area contributed by atoms with Crippen LogP contribution in [0.3, 0.4) is 0 Å². The fraction of sp³-hybridized carbons (Fsp3) is 0.769. The van der Waals surface area contributed by atoms with Gasteiger partial charge >= 0.3 is 0 Å². The molecule has 0 aromatic carbocycles. The number of nitrogen functional groups attached to an aromatic ring is 1. The molecular weight excluding hydrogens is 260 g/mol. The Kier molecular flexibility index (Phi) is 3.54. The number of fused-ring (bicyclic) bond motifs is 1. The molecule has 1 aromatic heterocycles. The van der Waals surface area contributed by atoms with E-state index in [9.17, 15) is 0 Å². The predicted molar refractivity (Wildman–Crippen MR) is 78.9 cm³/mol. The molecule has 0 bridgehead atoms. The third-order valence-corrected chi connectivity index (χ3v) is 4.72. The minimum atomic E-state index is 0.116. The number of ether oxygens (including phenoxy) is 1. The molecule has 0 aliphatic carbocycles. The summed E-state index contributed by atoms with van der Waals surface area (Å²) in [5.41, 5.74) is 5.89. The minimum Gasteiger partial charge on any atom is -0.484 e. The van der Waals surface area contributed by atoms with Crippen LogP contribution in [-0.4, -0.2) is 40.6 Å². The van der Waals surface area contributed by atoms with Crippen molar-refractivity contribution in [3.05, 3.63) is 0 Å². The SMILES string of the molecule is CC(C)Oc1c(N)nsc1NC1CCN2CCCC12. The van der Waals surface area contributed by atoms with Crippen molar-refractivity contribution in [2.45, 2.75) is 51.3 Å². The number of hydrogen-bond donors (Lipinski definition) is 2. The van der Waals surface area contributed by atoms with Crippen molar-refractivity contribution >= 4 is 22.4 Å². The highest BCUT2D eigenvalue weighted by Crippen LogP contribution is 2.39. The molecule has 2 atom stereocenters. The highest BCUT2D eigenvalue weighted by Gasteiger charge is 2.37. The quantitative estimate of drug-likeness (QED) is 0.886. The smallest absolute Gasteiger partial charge is 0.197 e. The standard InChI is InChI=1S/C13H22N4OS/c1-8(2)18-11-12(14)16-19-13(11)15-9-5-7-17-6-3-4-10(9)17/h8-10,15H,3-7H2,1-2H3,(H2,14,16). The van der Waals surface area contributed by atoms with Crippen LogP contribution in [0, 0.1) is 0 Å². The van der Waals surface area contributed by atoms with Gasteiger partial charge in [-0.3, -0.25) is 4.90 Å². The Morgan fingerprint density at radius 2 is 2.26 bits per heavy atom. The highest BCUT2D eigenvalue weighted by atomic mass is 32.1.